The molecule has 0 radical (unpaired) electrons. The Morgan fingerprint density at radius 3 is 2.33 bits per heavy atom. The second kappa shape index (κ2) is 7.69. The van der Waals surface area contributed by atoms with E-state index in [0.717, 1.165) is 5.56 Å². The number of hydrogen-bond donors (Lipinski definition) is 2. The van der Waals surface area contributed by atoms with Gasteiger partial charge in [-0.05, 0) is 48.9 Å². The highest BCUT2D eigenvalue weighted by Crippen LogP contribution is 2.42. The average Bonchev–Trinajstić information content (AvgIpc) is 2.99. The predicted octanol–water partition coefficient (Wildman–Crippen LogP) is 4.98. The average molecular weight is 420 g/mol. The molecule has 1 aliphatic rings. The van der Waals surface area contributed by atoms with Crippen molar-refractivity contribution < 1.29 is 19.8 Å². The summed E-state index contributed by atoms with van der Waals surface area (Å²) in [6, 6.07) is 19.0. The van der Waals surface area contributed by atoms with E-state index in [1.165, 1.54) is 23.1 Å². The number of Topliss-reactive ketones (excluding diaryl/α,β-unsaturated/α-hetero) is 1. The number of halogens is 1. The third-order valence-corrected chi connectivity index (χ3v) is 5.28. The number of hydrogen-bond acceptors (Lipinski definition) is 4. The van der Waals surface area contributed by atoms with Crippen LogP contribution in [-0.2, 0) is 9.59 Å². The zero-order valence-electron chi connectivity index (χ0n) is 16.0. The molecule has 1 aliphatic heterocycles. The van der Waals surface area contributed by atoms with Crippen molar-refractivity contribution in [2.45, 2.75) is 13.0 Å². The summed E-state index contributed by atoms with van der Waals surface area (Å²) in [5.74, 6) is -1.89. The molecule has 150 valence electrons. The molecule has 30 heavy (non-hydrogen) atoms. The molecule has 1 amide bonds. The number of carbonyl (C=O) groups excluding carboxylic acids is 2. The molecule has 1 unspecified atom stereocenters. The van der Waals surface area contributed by atoms with Gasteiger partial charge in [-0.3, -0.25) is 14.5 Å². The number of benzene rings is 3. The maximum absolute atomic E-state index is 13.0. The Labute approximate surface area is 178 Å². The van der Waals surface area contributed by atoms with Gasteiger partial charge in [0.25, 0.3) is 11.7 Å². The highest BCUT2D eigenvalue weighted by atomic mass is 35.5. The van der Waals surface area contributed by atoms with Crippen LogP contribution in [0.2, 0.25) is 5.02 Å². The van der Waals surface area contributed by atoms with Gasteiger partial charge in [0.1, 0.15) is 11.5 Å². The van der Waals surface area contributed by atoms with Gasteiger partial charge in [-0.25, -0.2) is 0 Å². The predicted molar refractivity (Wildman–Crippen MR) is 116 cm³/mol. The van der Waals surface area contributed by atoms with Crippen molar-refractivity contribution in [1.29, 1.82) is 0 Å². The fraction of sp³-hybridized carbons (Fsp3) is 0.0833. The summed E-state index contributed by atoms with van der Waals surface area (Å²) in [5.41, 5.74) is 2.28. The van der Waals surface area contributed by atoms with E-state index in [-0.39, 0.29) is 17.1 Å². The second-order valence-electron chi connectivity index (χ2n) is 7.11. The topological polar surface area (TPSA) is 77.8 Å². The fourth-order valence-electron chi connectivity index (χ4n) is 3.61. The van der Waals surface area contributed by atoms with Gasteiger partial charge in [-0.1, -0.05) is 53.6 Å². The zero-order valence-corrected chi connectivity index (χ0v) is 16.8. The molecule has 1 atom stereocenters. The number of phenols is 1. The summed E-state index contributed by atoms with van der Waals surface area (Å²) in [5, 5.41) is 21.4. The quantitative estimate of drug-likeness (QED) is 0.356. The van der Waals surface area contributed by atoms with Crippen LogP contribution in [0, 0.1) is 6.92 Å². The van der Waals surface area contributed by atoms with E-state index < -0.39 is 17.7 Å². The van der Waals surface area contributed by atoms with E-state index in [2.05, 4.69) is 0 Å². The van der Waals surface area contributed by atoms with Crippen LogP contribution in [-0.4, -0.2) is 21.9 Å². The first kappa shape index (κ1) is 19.7. The Hall–Kier alpha value is -3.57. The molecule has 3 aromatic carbocycles. The Morgan fingerprint density at radius 1 is 0.967 bits per heavy atom. The first-order chi connectivity index (χ1) is 14.4. The lowest BCUT2D eigenvalue weighted by Gasteiger charge is -2.25. The standard InChI is InChI=1S/C24H18ClNO4/c1-14-8-10-18(11-9-14)26-21(15-4-3-7-19(27)13-15)20(23(29)24(26)30)22(28)16-5-2-6-17(25)12-16/h2-13,21,27-28H,1H3/b22-20-. The molecule has 5 nitrogen and oxygen atoms in total. The Kier molecular flexibility index (Phi) is 5.06. The molecule has 3 aromatic rings. The van der Waals surface area contributed by atoms with Crippen LogP contribution in [0.3, 0.4) is 0 Å². The summed E-state index contributed by atoms with van der Waals surface area (Å²) in [6.07, 6.45) is 0. The van der Waals surface area contributed by atoms with Gasteiger partial charge in [-0.15, -0.1) is 0 Å². The molecule has 4 rings (SSSR count). The van der Waals surface area contributed by atoms with Gasteiger partial charge in [0.2, 0.25) is 0 Å². The molecule has 0 aromatic heterocycles. The number of aromatic hydroxyl groups is 1. The SMILES string of the molecule is Cc1ccc(N2C(=O)C(=O)/C(=C(\O)c3cccc(Cl)c3)C2c2cccc(O)c2)cc1. The van der Waals surface area contributed by atoms with E-state index in [0.29, 0.717) is 21.8 Å². The monoisotopic (exact) mass is 419 g/mol. The normalized spacial score (nSPS) is 18.1. The molecular weight excluding hydrogens is 402 g/mol. The van der Waals surface area contributed by atoms with Crippen LogP contribution < -0.4 is 4.90 Å². The van der Waals surface area contributed by atoms with E-state index >= 15 is 0 Å². The number of anilines is 1. The Morgan fingerprint density at radius 2 is 1.67 bits per heavy atom. The summed E-state index contributed by atoms with van der Waals surface area (Å²) in [6.45, 7) is 1.92. The molecule has 1 heterocycles. The van der Waals surface area contributed by atoms with Crippen LogP contribution in [0.1, 0.15) is 22.7 Å². The van der Waals surface area contributed by atoms with Crippen molar-refractivity contribution in [2.24, 2.45) is 0 Å². The van der Waals surface area contributed by atoms with Crippen LogP contribution in [0.15, 0.2) is 78.4 Å². The number of nitrogens with zero attached hydrogens (tertiary/aromatic N) is 1. The molecule has 2 N–H and O–H groups in total. The van der Waals surface area contributed by atoms with Crippen molar-refractivity contribution in [3.8, 4) is 5.75 Å². The van der Waals surface area contributed by atoms with Gasteiger partial charge in [0, 0.05) is 16.3 Å². The third-order valence-electron chi connectivity index (χ3n) is 5.04. The maximum atomic E-state index is 13.0. The van der Waals surface area contributed by atoms with Gasteiger partial charge in [0.05, 0.1) is 11.6 Å². The smallest absolute Gasteiger partial charge is 0.300 e. The van der Waals surface area contributed by atoms with E-state index in [9.17, 15) is 19.8 Å². The zero-order chi connectivity index (χ0) is 21.4. The number of aliphatic hydroxyl groups excluding tert-OH is 1. The summed E-state index contributed by atoms with van der Waals surface area (Å²) in [7, 11) is 0. The number of ketones is 1. The van der Waals surface area contributed by atoms with Crippen molar-refractivity contribution in [3.63, 3.8) is 0 Å². The molecule has 0 bridgehead atoms. The number of phenolic OH excluding ortho intramolecular Hbond substituents is 1. The van der Waals surface area contributed by atoms with Crippen LogP contribution in [0.4, 0.5) is 5.69 Å². The van der Waals surface area contributed by atoms with Gasteiger partial charge < -0.3 is 10.2 Å². The van der Waals surface area contributed by atoms with Gasteiger partial charge in [0.15, 0.2) is 0 Å². The fourth-order valence-corrected chi connectivity index (χ4v) is 3.80. The molecule has 0 spiro atoms. The molecule has 0 aliphatic carbocycles. The molecule has 1 saturated heterocycles. The minimum absolute atomic E-state index is 0.00949. The minimum Gasteiger partial charge on any atom is -0.508 e. The number of aliphatic hydroxyl groups is 1. The molecule has 1 fully saturated rings. The number of amides is 1. The maximum Gasteiger partial charge on any atom is 0.300 e. The lowest BCUT2D eigenvalue weighted by atomic mass is 9.95. The molecular formula is C24H18ClNO4. The lowest BCUT2D eigenvalue weighted by Crippen LogP contribution is -2.29. The van der Waals surface area contributed by atoms with Crippen LogP contribution in [0.25, 0.3) is 5.76 Å². The van der Waals surface area contributed by atoms with E-state index in [1.807, 2.05) is 19.1 Å². The Bertz CT molecular complexity index is 1180. The number of aryl methyl sites for hydroxylation is 1. The van der Waals surface area contributed by atoms with Gasteiger partial charge >= 0.3 is 0 Å². The largest absolute Gasteiger partial charge is 0.508 e. The highest BCUT2D eigenvalue weighted by Gasteiger charge is 2.47. The lowest BCUT2D eigenvalue weighted by molar-refractivity contribution is -0.132. The summed E-state index contributed by atoms with van der Waals surface area (Å²) >= 11 is 6.05. The Balaban J connectivity index is 1.96. The van der Waals surface area contributed by atoms with Crippen molar-refractivity contribution >= 4 is 34.7 Å². The number of rotatable bonds is 3. The van der Waals surface area contributed by atoms with Crippen molar-refractivity contribution in [1.82, 2.24) is 0 Å². The summed E-state index contributed by atoms with van der Waals surface area (Å²) in [4.78, 5) is 27.4. The van der Waals surface area contributed by atoms with E-state index in [1.54, 1.807) is 42.5 Å². The molecule has 0 saturated carbocycles. The number of carbonyl (C=O) groups is 2. The minimum atomic E-state index is -0.904. The van der Waals surface area contributed by atoms with Crippen LogP contribution >= 0.6 is 11.6 Å². The molecule has 6 heteroatoms. The summed E-state index contributed by atoms with van der Waals surface area (Å²) < 4.78 is 0. The first-order valence-corrected chi connectivity index (χ1v) is 9.67. The highest BCUT2D eigenvalue weighted by molar-refractivity contribution is 6.51. The second-order valence-corrected chi connectivity index (χ2v) is 7.55. The third kappa shape index (κ3) is 3.44. The van der Waals surface area contributed by atoms with E-state index in [4.69, 9.17) is 11.6 Å². The van der Waals surface area contributed by atoms with Crippen molar-refractivity contribution in [3.05, 3.63) is 100 Å². The van der Waals surface area contributed by atoms with Crippen LogP contribution in [0.5, 0.6) is 5.75 Å². The van der Waals surface area contributed by atoms with Gasteiger partial charge in [-0.2, -0.15) is 0 Å². The van der Waals surface area contributed by atoms with Crippen molar-refractivity contribution in [2.75, 3.05) is 4.90 Å². The first-order valence-electron chi connectivity index (χ1n) is 9.29.